The first kappa shape index (κ1) is 22.0. The zero-order valence-corrected chi connectivity index (χ0v) is 19.0. The predicted molar refractivity (Wildman–Crippen MR) is 138 cm³/mol. The molecule has 4 aromatic rings. The third-order valence-corrected chi connectivity index (χ3v) is 5.36. The molecule has 3 nitrogen and oxygen atoms in total. The van der Waals surface area contributed by atoms with Gasteiger partial charge in [0.05, 0.1) is 12.5 Å². The molecule has 0 aromatic heterocycles. The maximum Gasteiger partial charge on any atom is 0.130 e. The zero-order chi connectivity index (χ0) is 23.2. The first-order chi connectivity index (χ1) is 16.1. The van der Waals surface area contributed by atoms with Crippen LogP contribution in [0.5, 0.6) is 11.5 Å². The minimum absolute atomic E-state index is 0.657. The Kier molecular flexibility index (Phi) is 6.61. The fourth-order valence-corrected chi connectivity index (χ4v) is 3.70. The van der Waals surface area contributed by atoms with E-state index in [4.69, 9.17) is 9.47 Å². The van der Waals surface area contributed by atoms with Crippen LogP contribution in [0.25, 0.3) is 11.1 Å². The summed E-state index contributed by atoms with van der Waals surface area (Å²) >= 11 is 0. The highest BCUT2D eigenvalue weighted by Crippen LogP contribution is 2.37. The van der Waals surface area contributed by atoms with Crippen molar-refractivity contribution in [2.24, 2.45) is 0 Å². The first-order valence-electron chi connectivity index (χ1n) is 10.8. The van der Waals surface area contributed by atoms with E-state index in [1.807, 2.05) is 12.1 Å². The molecule has 0 aliphatic carbocycles. The van der Waals surface area contributed by atoms with Gasteiger partial charge in [0.2, 0.25) is 0 Å². The van der Waals surface area contributed by atoms with Crippen molar-refractivity contribution in [1.29, 1.82) is 0 Å². The highest BCUT2D eigenvalue weighted by molar-refractivity contribution is 5.78. The Balaban J connectivity index is 1.74. The lowest BCUT2D eigenvalue weighted by Gasteiger charge is -2.26. The monoisotopic (exact) mass is 433 g/mol. The van der Waals surface area contributed by atoms with Crippen molar-refractivity contribution < 1.29 is 9.47 Å². The fourth-order valence-electron chi connectivity index (χ4n) is 3.70. The standard InChI is InChI=1S/C30H27NO2/c1-5-32-29-19-25(20-30(21-29)33-6-2)24-11-17-28(18-12-24)31(26-13-7-22(3)8-14-26)27-15-9-23(4)10-16-27/h5-21H,1-2H2,3-4H3. The van der Waals surface area contributed by atoms with Crippen molar-refractivity contribution in [3.8, 4) is 22.6 Å². The van der Waals surface area contributed by atoms with E-state index in [0.29, 0.717) is 11.5 Å². The van der Waals surface area contributed by atoms with Gasteiger partial charge in [-0.15, -0.1) is 0 Å². The van der Waals surface area contributed by atoms with Gasteiger partial charge in [-0.1, -0.05) is 60.7 Å². The van der Waals surface area contributed by atoms with Gasteiger partial charge in [-0.25, -0.2) is 0 Å². The molecule has 0 atom stereocenters. The molecule has 4 rings (SSSR count). The topological polar surface area (TPSA) is 21.7 Å². The normalized spacial score (nSPS) is 10.4. The van der Waals surface area contributed by atoms with E-state index in [9.17, 15) is 0 Å². The predicted octanol–water partition coefficient (Wildman–Crippen LogP) is 8.48. The minimum atomic E-state index is 0.657. The molecule has 0 saturated carbocycles. The first-order valence-corrected chi connectivity index (χ1v) is 10.8. The quantitative estimate of drug-likeness (QED) is 0.260. The summed E-state index contributed by atoms with van der Waals surface area (Å²) in [6.07, 6.45) is 2.81. The lowest BCUT2D eigenvalue weighted by Crippen LogP contribution is -2.09. The molecular weight excluding hydrogens is 406 g/mol. The minimum Gasteiger partial charge on any atom is -0.465 e. The number of hydrogen-bond donors (Lipinski definition) is 0. The number of hydrogen-bond acceptors (Lipinski definition) is 3. The van der Waals surface area contributed by atoms with Gasteiger partial charge in [0.25, 0.3) is 0 Å². The van der Waals surface area contributed by atoms with E-state index in [1.165, 1.54) is 23.7 Å². The van der Waals surface area contributed by atoms with Crippen LogP contribution in [0.3, 0.4) is 0 Å². The Morgan fingerprint density at radius 1 is 0.545 bits per heavy atom. The Bertz CT molecular complexity index is 1170. The molecule has 33 heavy (non-hydrogen) atoms. The largest absolute Gasteiger partial charge is 0.465 e. The van der Waals surface area contributed by atoms with E-state index in [1.54, 1.807) is 6.07 Å². The van der Waals surface area contributed by atoms with Crippen LogP contribution in [0.2, 0.25) is 0 Å². The van der Waals surface area contributed by atoms with Gasteiger partial charge in [0.1, 0.15) is 11.5 Å². The lowest BCUT2D eigenvalue weighted by molar-refractivity contribution is 0.461. The van der Waals surface area contributed by atoms with Crippen LogP contribution in [0, 0.1) is 13.8 Å². The Morgan fingerprint density at radius 3 is 1.33 bits per heavy atom. The molecule has 0 heterocycles. The second-order valence-electron chi connectivity index (χ2n) is 7.82. The van der Waals surface area contributed by atoms with Crippen molar-refractivity contribution >= 4 is 17.1 Å². The lowest BCUT2D eigenvalue weighted by atomic mass is 10.0. The number of benzene rings is 4. The summed E-state index contributed by atoms with van der Waals surface area (Å²) < 4.78 is 11.0. The fraction of sp³-hybridized carbons (Fsp3) is 0.0667. The van der Waals surface area contributed by atoms with Crippen molar-refractivity contribution in [3.63, 3.8) is 0 Å². The van der Waals surface area contributed by atoms with E-state index in [0.717, 1.165) is 28.2 Å². The van der Waals surface area contributed by atoms with Gasteiger partial charge < -0.3 is 14.4 Å². The van der Waals surface area contributed by atoms with E-state index in [-0.39, 0.29) is 0 Å². The zero-order valence-electron chi connectivity index (χ0n) is 19.0. The summed E-state index contributed by atoms with van der Waals surface area (Å²) in [5.74, 6) is 1.31. The second-order valence-corrected chi connectivity index (χ2v) is 7.82. The van der Waals surface area contributed by atoms with Crippen LogP contribution in [0.15, 0.2) is 117 Å². The number of aryl methyl sites for hydroxylation is 2. The molecule has 164 valence electrons. The van der Waals surface area contributed by atoms with Crippen LogP contribution < -0.4 is 14.4 Å². The Hall–Kier alpha value is -4.24. The molecule has 0 spiro atoms. The molecule has 0 bridgehead atoms. The van der Waals surface area contributed by atoms with Crippen molar-refractivity contribution in [2.45, 2.75) is 13.8 Å². The average molecular weight is 434 g/mol. The van der Waals surface area contributed by atoms with Crippen molar-refractivity contribution in [2.75, 3.05) is 4.90 Å². The van der Waals surface area contributed by atoms with Crippen LogP contribution in [0.1, 0.15) is 11.1 Å². The molecular formula is C30H27NO2. The molecule has 0 unspecified atom stereocenters. The molecule has 0 N–H and O–H groups in total. The molecule has 0 radical (unpaired) electrons. The van der Waals surface area contributed by atoms with Gasteiger partial charge in [-0.2, -0.15) is 0 Å². The highest BCUT2D eigenvalue weighted by Gasteiger charge is 2.13. The van der Waals surface area contributed by atoms with Crippen LogP contribution in [0.4, 0.5) is 17.1 Å². The van der Waals surface area contributed by atoms with E-state index >= 15 is 0 Å². The van der Waals surface area contributed by atoms with Gasteiger partial charge in [0.15, 0.2) is 0 Å². The summed E-state index contributed by atoms with van der Waals surface area (Å²) in [5, 5.41) is 0. The maximum atomic E-state index is 5.49. The summed E-state index contributed by atoms with van der Waals surface area (Å²) in [6, 6.07) is 31.3. The van der Waals surface area contributed by atoms with E-state index in [2.05, 4.69) is 105 Å². The van der Waals surface area contributed by atoms with Gasteiger partial charge >= 0.3 is 0 Å². The summed E-state index contributed by atoms with van der Waals surface area (Å²) in [4.78, 5) is 2.26. The van der Waals surface area contributed by atoms with Gasteiger partial charge in [0, 0.05) is 23.1 Å². The van der Waals surface area contributed by atoms with Crippen LogP contribution in [-0.4, -0.2) is 0 Å². The number of rotatable bonds is 8. The molecule has 0 fully saturated rings. The van der Waals surface area contributed by atoms with Gasteiger partial charge in [-0.05, 0) is 73.5 Å². The highest BCUT2D eigenvalue weighted by atomic mass is 16.5. The van der Waals surface area contributed by atoms with Gasteiger partial charge in [-0.3, -0.25) is 0 Å². The smallest absolute Gasteiger partial charge is 0.130 e. The Labute approximate surface area is 195 Å². The Morgan fingerprint density at radius 2 is 0.939 bits per heavy atom. The number of nitrogens with zero attached hydrogens (tertiary/aromatic N) is 1. The van der Waals surface area contributed by atoms with Crippen molar-refractivity contribution in [3.05, 3.63) is 128 Å². The maximum absolute atomic E-state index is 5.49. The molecule has 0 saturated heterocycles. The molecule has 0 aliphatic rings. The SMILES string of the molecule is C=COc1cc(OC=C)cc(-c2ccc(N(c3ccc(C)cc3)c3ccc(C)cc3)cc2)c1. The number of anilines is 3. The second kappa shape index (κ2) is 9.92. The van der Waals surface area contributed by atoms with Crippen LogP contribution >= 0.6 is 0 Å². The molecule has 0 amide bonds. The third kappa shape index (κ3) is 5.16. The summed E-state index contributed by atoms with van der Waals surface area (Å²) in [7, 11) is 0. The molecule has 4 aromatic carbocycles. The van der Waals surface area contributed by atoms with Crippen molar-refractivity contribution in [1.82, 2.24) is 0 Å². The average Bonchev–Trinajstić information content (AvgIpc) is 2.82. The van der Waals surface area contributed by atoms with E-state index < -0.39 is 0 Å². The summed E-state index contributed by atoms with van der Waals surface area (Å²) in [6.45, 7) is 11.5. The molecule has 0 aliphatic heterocycles. The molecule has 3 heteroatoms. The third-order valence-electron chi connectivity index (χ3n) is 5.36. The van der Waals surface area contributed by atoms with Crippen LogP contribution in [-0.2, 0) is 0 Å². The number of ether oxygens (including phenoxy) is 2. The summed E-state index contributed by atoms with van der Waals surface area (Å²) in [5.41, 5.74) is 7.80.